The van der Waals surface area contributed by atoms with Crippen LogP contribution in [0, 0.1) is 0 Å². The Balaban J connectivity index is 2.37. The lowest BCUT2D eigenvalue weighted by Crippen LogP contribution is -2.48. The number of hydrogen-bond donors (Lipinski definition) is 2. The van der Waals surface area contributed by atoms with Crippen LogP contribution in [0.5, 0.6) is 5.75 Å². The van der Waals surface area contributed by atoms with Gasteiger partial charge in [-0.3, -0.25) is 4.79 Å². The fourth-order valence-corrected chi connectivity index (χ4v) is 4.32. The third kappa shape index (κ3) is 6.30. The Labute approximate surface area is 173 Å². The number of benzene rings is 2. The molecule has 0 spiro atoms. The first kappa shape index (κ1) is 22.9. The van der Waals surface area contributed by atoms with Crippen LogP contribution in [0.15, 0.2) is 53.4 Å². The van der Waals surface area contributed by atoms with E-state index in [0.717, 1.165) is 17.5 Å². The third-order valence-corrected chi connectivity index (χ3v) is 6.08. The van der Waals surface area contributed by atoms with Gasteiger partial charge >= 0.3 is 0 Å². The topological polar surface area (TPSA) is 84.5 Å². The predicted molar refractivity (Wildman–Crippen MR) is 115 cm³/mol. The molecule has 0 aliphatic heterocycles. The lowest BCUT2D eigenvalue weighted by molar-refractivity contribution is -0.122. The zero-order valence-electron chi connectivity index (χ0n) is 17.4. The van der Waals surface area contributed by atoms with Gasteiger partial charge in [-0.2, -0.15) is 4.72 Å². The number of amides is 1. The summed E-state index contributed by atoms with van der Waals surface area (Å²) < 4.78 is 34.2. The molecule has 0 aliphatic rings. The van der Waals surface area contributed by atoms with E-state index in [1.54, 1.807) is 12.1 Å². The molecule has 0 aliphatic carbocycles. The molecule has 0 heterocycles. The van der Waals surface area contributed by atoms with E-state index in [1.807, 2.05) is 57.2 Å². The number of nitrogens with one attached hydrogen (secondary N) is 2. The SMILES string of the molecule is CCCNC(=O)C(Cc1ccccc1)NS(=O)(=O)c1cc(C(C)C)ccc1OC. The molecule has 6 nitrogen and oxygen atoms in total. The smallest absolute Gasteiger partial charge is 0.245 e. The Kier molecular flexibility index (Phi) is 8.22. The standard InChI is InChI=1S/C22H30N2O4S/c1-5-13-23-22(25)19(14-17-9-7-6-8-10-17)24-29(26,27)21-15-18(16(2)3)11-12-20(21)28-4/h6-12,15-16,19,24H,5,13-14H2,1-4H3,(H,23,25). The van der Waals surface area contributed by atoms with Gasteiger partial charge in [-0.1, -0.05) is 57.2 Å². The summed E-state index contributed by atoms with van der Waals surface area (Å²) in [4.78, 5) is 12.7. The van der Waals surface area contributed by atoms with Gasteiger partial charge in [0.25, 0.3) is 0 Å². The van der Waals surface area contributed by atoms with Gasteiger partial charge in [0, 0.05) is 6.54 Å². The van der Waals surface area contributed by atoms with E-state index in [9.17, 15) is 13.2 Å². The van der Waals surface area contributed by atoms with Crippen molar-refractivity contribution < 1.29 is 17.9 Å². The molecule has 0 radical (unpaired) electrons. The molecule has 0 saturated carbocycles. The van der Waals surface area contributed by atoms with Gasteiger partial charge in [0.2, 0.25) is 15.9 Å². The highest BCUT2D eigenvalue weighted by atomic mass is 32.2. The van der Waals surface area contributed by atoms with Crippen LogP contribution in [0.2, 0.25) is 0 Å². The van der Waals surface area contributed by atoms with Crippen LogP contribution in [-0.4, -0.2) is 34.0 Å². The van der Waals surface area contributed by atoms with E-state index >= 15 is 0 Å². The number of carbonyl (C=O) groups excluding carboxylic acids is 1. The minimum Gasteiger partial charge on any atom is -0.495 e. The Hall–Kier alpha value is -2.38. The molecule has 2 N–H and O–H groups in total. The zero-order chi connectivity index (χ0) is 21.4. The van der Waals surface area contributed by atoms with E-state index in [4.69, 9.17) is 4.74 Å². The van der Waals surface area contributed by atoms with E-state index in [1.165, 1.54) is 7.11 Å². The molecule has 0 aromatic heterocycles. The third-order valence-electron chi connectivity index (χ3n) is 4.59. The first-order chi connectivity index (χ1) is 13.8. The number of ether oxygens (including phenoxy) is 1. The summed E-state index contributed by atoms with van der Waals surface area (Å²) in [5, 5.41) is 2.79. The van der Waals surface area contributed by atoms with Crippen LogP contribution in [0.4, 0.5) is 0 Å². The van der Waals surface area contributed by atoms with Gasteiger partial charge < -0.3 is 10.1 Å². The van der Waals surface area contributed by atoms with Crippen molar-refractivity contribution in [3.8, 4) is 5.75 Å². The van der Waals surface area contributed by atoms with Crippen molar-refractivity contribution in [1.29, 1.82) is 0 Å². The van der Waals surface area contributed by atoms with Crippen molar-refractivity contribution in [2.45, 2.75) is 50.5 Å². The van der Waals surface area contributed by atoms with E-state index < -0.39 is 16.1 Å². The Morgan fingerprint density at radius 2 is 1.79 bits per heavy atom. The molecule has 0 fully saturated rings. The fourth-order valence-electron chi connectivity index (χ4n) is 2.92. The monoisotopic (exact) mass is 418 g/mol. The molecule has 29 heavy (non-hydrogen) atoms. The van der Waals surface area contributed by atoms with Crippen LogP contribution in [-0.2, 0) is 21.2 Å². The maximum atomic E-state index is 13.2. The Morgan fingerprint density at radius 3 is 2.38 bits per heavy atom. The summed E-state index contributed by atoms with van der Waals surface area (Å²) in [6, 6.07) is 13.5. The molecule has 2 aromatic carbocycles. The van der Waals surface area contributed by atoms with E-state index in [2.05, 4.69) is 10.0 Å². The lowest BCUT2D eigenvalue weighted by atomic mass is 10.0. The van der Waals surface area contributed by atoms with Gasteiger partial charge in [0.1, 0.15) is 16.7 Å². The number of rotatable bonds is 10. The number of carbonyl (C=O) groups is 1. The van der Waals surface area contributed by atoms with E-state index in [-0.39, 0.29) is 28.9 Å². The summed E-state index contributed by atoms with van der Waals surface area (Å²) in [5.41, 5.74) is 1.75. The Bertz CT molecular complexity index is 912. The van der Waals surface area contributed by atoms with Crippen molar-refractivity contribution in [3.63, 3.8) is 0 Å². The van der Waals surface area contributed by atoms with Crippen molar-refractivity contribution in [3.05, 3.63) is 59.7 Å². The zero-order valence-corrected chi connectivity index (χ0v) is 18.3. The molecule has 2 aromatic rings. The molecular weight excluding hydrogens is 388 g/mol. The molecule has 0 bridgehead atoms. The van der Waals surface area contributed by atoms with Gasteiger partial charge in [0.05, 0.1) is 7.11 Å². The van der Waals surface area contributed by atoms with Gasteiger partial charge in [-0.05, 0) is 42.0 Å². The molecule has 1 amide bonds. The first-order valence-electron chi connectivity index (χ1n) is 9.80. The number of sulfonamides is 1. The highest BCUT2D eigenvalue weighted by Gasteiger charge is 2.28. The largest absolute Gasteiger partial charge is 0.495 e. The molecular formula is C22H30N2O4S. The maximum Gasteiger partial charge on any atom is 0.245 e. The minimum absolute atomic E-state index is 0.0348. The number of hydrogen-bond acceptors (Lipinski definition) is 4. The maximum absolute atomic E-state index is 13.2. The van der Waals surface area contributed by atoms with Crippen LogP contribution < -0.4 is 14.8 Å². The van der Waals surface area contributed by atoms with Gasteiger partial charge in [-0.25, -0.2) is 8.42 Å². The molecule has 0 saturated heterocycles. The van der Waals surface area contributed by atoms with Crippen molar-refractivity contribution in [2.75, 3.05) is 13.7 Å². The predicted octanol–water partition coefficient (Wildman–Crippen LogP) is 3.23. The fraction of sp³-hybridized carbons (Fsp3) is 0.409. The highest BCUT2D eigenvalue weighted by Crippen LogP contribution is 2.28. The second-order valence-electron chi connectivity index (χ2n) is 7.22. The van der Waals surface area contributed by atoms with Crippen molar-refractivity contribution in [2.24, 2.45) is 0 Å². The first-order valence-corrected chi connectivity index (χ1v) is 11.3. The van der Waals surface area contributed by atoms with Crippen molar-refractivity contribution >= 4 is 15.9 Å². The summed E-state index contributed by atoms with van der Waals surface area (Å²) in [7, 11) is -2.55. The minimum atomic E-state index is -3.98. The second kappa shape index (κ2) is 10.4. The lowest BCUT2D eigenvalue weighted by Gasteiger charge is -2.20. The van der Waals surface area contributed by atoms with Crippen molar-refractivity contribution in [1.82, 2.24) is 10.0 Å². The summed E-state index contributed by atoms with van der Waals surface area (Å²) in [6.45, 7) is 6.40. The average Bonchev–Trinajstić information content (AvgIpc) is 2.71. The summed E-state index contributed by atoms with van der Waals surface area (Å²) in [5.74, 6) is 0.0513. The van der Waals surface area contributed by atoms with Crippen LogP contribution in [0.3, 0.4) is 0 Å². The molecule has 1 unspecified atom stereocenters. The molecule has 1 atom stereocenters. The van der Waals surface area contributed by atoms with Gasteiger partial charge in [0.15, 0.2) is 0 Å². The Morgan fingerprint density at radius 1 is 1.10 bits per heavy atom. The number of methoxy groups -OCH3 is 1. The quantitative estimate of drug-likeness (QED) is 0.620. The van der Waals surface area contributed by atoms with Crippen LogP contribution in [0.1, 0.15) is 44.2 Å². The summed E-state index contributed by atoms with van der Waals surface area (Å²) >= 11 is 0. The second-order valence-corrected chi connectivity index (χ2v) is 8.90. The molecule has 7 heteroatoms. The normalized spacial score (nSPS) is 12.6. The molecule has 158 valence electrons. The van der Waals surface area contributed by atoms with E-state index in [0.29, 0.717) is 6.54 Å². The van der Waals surface area contributed by atoms with Gasteiger partial charge in [-0.15, -0.1) is 0 Å². The molecule has 2 rings (SSSR count). The van der Waals surface area contributed by atoms with Crippen LogP contribution in [0.25, 0.3) is 0 Å². The summed E-state index contributed by atoms with van der Waals surface area (Å²) in [6.07, 6.45) is 1.02. The average molecular weight is 419 g/mol. The van der Waals surface area contributed by atoms with Crippen LogP contribution >= 0.6 is 0 Å². The highest BCUT2D eigenvalue weighted by molar-refractivity contribution is 7.89.